The summed E-state index contributed by atoms with van der Waals surface area (Å²) in [7, 11) is 0. The molecule has 1 aromatic carbocycles. The van der Waals surface area contributed by atoms with Gasteiger partial charge in [0.2, 0.25) is 0 Å². The van der Waals surface area contributed by atoms with Crippen LogP contribution in [-0.2, 0) is 5.41 Å². The second kappa shape index (κ2) is 5.54. The topological polar surface area (TPSA) is 21.3 Å². The first-order valence-corrected chi connectivity index (χ1v) is 7.04. The average Bonchev–Trinajstić information content (AvgIpc) is 2.73. The Kier molecular flexibility index (Phi) is 4.16. The second-order valence-electron chi connectivity index (χ2n) is 5.35. The molecule has 0 bridgehead atoms. The molecule has 0 aromatic heterocycles. The number of hydrogen-bond acceptors (Lipinski definition) is 2. The Morgan fingerprint density at radius 2 is 2.05 bits per heavy atom. The number of alkyl halides is 3. The van der Waals surface area contributed by atoms with E-state index in [0.29, 0.717) is 0 Å². The maximum absolute atomic E-state index is 12.3. The number of hydrogen-bond donors (Lipinski definition) is 1. The van der Waals surface area contributed by atoms with Crippen molar-refractivity contribution < 1.29 is 17.9 Å². The van der Waals surface area contributed by atoms with Gasteiger partial charge in [0, 0.05) is 17.6 Å². The Morgan fingerprint density at radius 3 is 2.65 bits per heavy atom. The van der Waals surface area contributed by atoms with Crippen LogP contribution in [-0.4, -0.2) is 12.9 Å². The lowest BCUT2D eigenvalue weighted by Crippen LogP contribution is -2.27. The van der Waals surface area contributed by atoms with Crippen molar-refractivity contribution in [3.8, 4) is 5.75 Å². The molecule has 5 heteroatoms. The van der Waals surface area contributed by atoms with Crippen LogP contribution in [0.4, 0.5) is 18.9 Å². The molecule has 0 radical (unpaired) electrons. The van der Waals surface area contributed by atoms with Crippen molar-refractivity contribution in [2.75, 3.05) is 11.9 Å². The summed E-state index contributed by atoms with van der Waals surface area (Å²) in [5, 5.41) is 3.30. The molecular weight excluding hydrogens is 267 g/mol. The average molecular weight is 287 g/mol. The zero-order chi connectivity index (χ0) is 14.8. The van der Waals surface area contributed by atoms with Crippen LogP contribution in [0, 0.1) is 0 Å². The first kappa shape index (κ1) is 15.0. The molecule has 2 rings (SSSR count). The summed E-state index contributed by atoms with van der Waals surface area (Å²) in [4.78, 5) is 0. The maximum atomic E-state index is 12.3. The third kappa shape index (κ3) is 3.02. The van der Waals surface area contributed by atoms with Gasteiger partial charge in [-0.25, -0.2) is 0 Å². The highest BCUT2D eigenvalue weighted by atomic mass is 19.4. The summed E-state index contributed by atoms with van der Waals surface area (Å²) >= 11 is 0. The molecule has 1 aromatic rings. The first-order valence-electron chi connectivity index (χ1n) is 7.04. The predicted molar refractivity (Wildman–Crippen MR) is 73.1 cm³/mol. The van der Waals surface area contributed by atoms with Crippen molar-refractivity contribution in [3.05, 3.63) is 23.8 Å². The fourth-order valence-corrected chi connectivity index (χ4v) is 2.90. The van der Waals surface area contributed by atoms with Crippen LogP contribution in [0.2, 0.25) is 0 Å². The highest BCUT2D eigenvalue weighted by Gasteiger charge is 2.38. The predicted octanol–water partition coefficient (Wildman–Crippen LogP) is 4.85. The minimum Gasteiger partial charge on any atom is -0.406 e. The van der Waals surface area contributed by atoms with Crippen molar-refractivity contribution in [1.29, 1.82) is 0 Å². The molecule has 2 nitrogen and oxygen atoms in total. The largest absolute Gasteiger partial charge is 0.573 e. The Bertz CT molecular complexity index is 473. The smallest absolute Gasteiger partial charge is 0.406 e. The van der Waals surface area contributed by atoms with Crippen LogP contribution in [0.5, 0.6) is 5.75 Å². The lowest BCUT2D eigenvalue weighted by Gasteiger charge is -2.28. The van der Waals surface area contributed by atoms with Gasteiger partial charge in [0.25, 0.3) is 0 Å². The molecule has 0 spiro atoms. The minimum atomic E-state index is -4.64. The van der Waals surface area contributed by atoms with E-state index in [1.165, 1.54) is 6.07 Å². The number of fused-ring (bicyclic) bond motifs is 1. The van der Waals surface area contributed by atoms with E-state index in [2.05, 4.69) is 23.9 Å². The highest BCUT2D eigenvalue weighted by Crippen LogP contribution is 2.44. The number of benzene rings is 1. The third-order valence-electron chi connectivity index (χ3n) is 4.10. The molecule has 1 N–H and O–H groups in total. The van der Waals surface area contributed by atoms with E-state index in [4.69, 9.17) is 0 Å². The van der Waals surface area contributed by atoms with E-state index in [9.17, 15) is 13.2 Å². The van der Waals surface area contributed by atoms with E-state index in [1.54, 1.807) is 12.1 Å². The molecule has 1 unspecified atom stereocenters. The molecule has 0 saturated heterocycles. The van der Waals surface area contributed by atoms with E-state index in [0.717, 1.165) is 43.5 Å². The van der Waals surface area contributed by atoms with Gasteiger partial charge in [0.15, 0.2) is 0 Å². The molecule has 1 atom stereocenters. The summed E-state index contributed by atoms with van der Waals surface area (Å²) in [6, 6.07) is 4.59. The van der Waals surface area contributed by atoms with Crippen molar-refractivity contribution >= 4 is 5.69 Å². The standard InChI is InChI=1S/C15H20F3NO/c1-3-5-8-14(4-2)10-19-13-7-6-11(9-12(13)14)20-15(16,17)18/h6-7,9,19H,3-5,8,10H2,1-2H3. The molecule has 1 aliphatic rings. The van der Waals surface area contributed by atoms with E-state index >= 15 is 0 Å². The van der Waals surface area contributed by atoms with Crippen LogP contribution in [0.3, 0.4) is 0 Å². The van der Waals surface area contributed by atoms with Gasteiger partial charge in [-0.1, -0.05) is 26.7 Å². The first-order chi connectivity index (χ1) is 9.40. The molecule has 1 aliphatic heterocycles. The van der Waals surface area contributed by atoms with Gasteiger partial charge < -0.3 is 10.1 Å². The van der Waals surface area contributed by atoms with Gasteiger partial charge in [0.1, 0.15) is 5.75 Å². The van der Waals surface area contributed by atoms with Crippen molar-refractivity contribution in [3.63, 3.8) is 0 Å². The molecule has 0 amide bonds. The van der Waals surface area contributed by atoms with Gasteiger partial charge in [-0.05, 0) is 36.6 Å². The van der Waals surface area contributed by atoms with Crippen LogP contribution in [0.15, 0.2) is 18.2 Å². The maximum Gasteiger partial charge on any atom is 0.573 e. The van der Waals surface area contributed by atoms with E-state index < -0.39 is 6.36 Å². The quantitative estimate of drug-likeness (QED) is 0.836. The summed E-state index contributed by atoms with van der Waals surface area (Å²) < 4.78 is 41.0. The molecule has 112 valence electrons. The number of nitrogens with one attached hydrogen (secondary N) is 1. The van der Waals surface area contributed by atoms with Gasteiger partial charge >= 0.3 is 6.36 Å². The van der Waals surface area contributed by atoms with E-state index in [1.807, 2.05) is 0 Å². The SMILES string of the molecule is CCCCC1(CC)CNc2ccc(OC(F)(F)F)cc21. The van der Waals surface area contributed by atoms with Gasteiger partial charge in [-0.2, -0.15) is 0 Å². The van der Waals surface area contributed by atoms with Crippen LogP contribution in [0.25, 0.3) is 0 Å². The lowest BCUT2D eigenvalue weighted by molar-refractivity contribution is -0.274. The Balaban J connectivity index is 2.31. The fraction of sp³-hybridized carbons (Fsp3) is 0.600. The van der Waals surface area contributed by atoms with Crippen molar-refractivity contribution in [2.45, 2.75) is 51.3 Å². The number of unbranched alkanes of at least 4 members (excludes halogenated alkanes) is 1. The second-order valence-corrected chi connectivity index (χ2v) is 5.35. The molecule has 20 heavy (non-hydrogen) atoms. The zero-order valence-electron chi connectivity index (χ0n) is 11.8. The molecular formula is C15H20F3NO. The summed E-state index contributed by atoms with van der Waals surface area (Å²) in [5.74, 6) is -0.130. The Labute approximate surface area is 117 Å². The summed E-state index contributed by atoms with van der Waals surface area (Å²) in [5.41, 5.74) is 1.81. The Morgan fingerprint density at radius 1 is 1.30 bits per heavy atom. The molecule has 1 heterocycles. The number of halogens is 3. The van der Waals surface area contributed by atoms with Crippen molar-refractivity contribution in [1.82, 2.24) is 0 Å². The van der Waals surface area contributed by atoms with Gasteiger partial charge in [-0.15, -0.1) is 13.2 Å². The van der Waals surface area contributed by atoms with Crippen LogP contribution < -0.4 is 10.1 Å². The molecule has 0 aliphatic carbocycles. The summed E-state index contributed by atoms with van der Waals surface area (Å²) in [6.45, 7) is 4.99. The van der Waals surface area contributed by atoms with Crippen LogP contribution >= 0.6 is 0 Å². The molecule has 0 fully saturated rings. The van der Waals surface area contributed by atoms with E-state index in [-0.39, 0.29) is 11.2 Å². The lowest BCUT2D eigenvalue weighted by atomic mass is 9.76. The molecule has 0 saturated carbocycles. The number of rotatable bonds is 5. The normalized spacial score (nSPS) is 21.4. The third-order valence-corrected chi connectivity index (χ3v) is 4.10. The number of anilines is 1. The minimum absolute atomic E-state index is 0.0731. The summed E-state index contributed by atoms with van der Waals surface area (Å²) in [6.07, 6.45) is -0.606. The fourth-order valence-electron chi connectivity index (χ4n) is 2.90. The van der Waals surface area contributed by atoms with Crippen LogP contribution in [0.1, 0.15) is 45.1 Å². The number of ether oxygens (including phenoxy) is 1. The van der Waals surface area contributed by atoms with Gasteiger partial charge in [-0.3, -0.25) is 0 Å². The monoisotopic (exact) mass is 287 g/mol. The zero-order valence-corrected chi connectivity index (χ0v) is 11.8. The van der Waals surface area contributed by atoms with Crippen molar-refractivity contribution in [2.24, 2.45) is 0 Å². The highest BCUT2D eigenvalue weighted by molar-refractivity contribution is 5.62. The Hall–Kier alpha value is -1.39. The van der Waals surface area contributed by atoms with Gasteiger partial charge in [0.05, 0.1) is 0 Å².